The molecule has 1 aliphatic rings. The molecule has 1 aromatic rings. The van der Waals surface area contributed by atoms with E-state index in [9.17, 15) is 15.0 Å². The van der Waals surface area contributed by atoms with E-state index in [1.807, 2.05) is 13.8 Å². The minimum Gasteiger partial charge on any atom is -0.444 e. The van der Waals surface area contributed by atoms with Gasteiger partial charge in [-0.05, 0) is 38.5 Å². The number of carbonyl (C=O) groups is 1. The van der Waals surface area contributed by atoms with Crippen LogP contribution in [0.5, 0.6) is 0 Å². The Morgan fingerprint density at radius 2 is 1.83 bits per heavy atom. The first-order valence-electron chi connectivity index (χ1n) is 8.01. The predicted molar refractivity (Wildman–Crippen MR) is 92.9 cm³/mol. The fourth-order valence-corrected chi connectivity index (χ4v) is 3.33. The van der Waals surface area contributed by atoms with E-state index in [4.69, 9.17) is 16.3 Å². The molecule has 0 bridgehead atoms. The number of aliphatic hydroxyl groups excluding tert-OH is 1. The van der Waals surface area contributed by atoms with Crippen LogP contribution in [0.4, 0.5) is 4.79 Å². The maximum atomic E-state index is 12.3. The van der Waals surface area contributed by atoms with E-state index < -0.39 is 28.8 Å². The molecule has 0 aliphatic carbocycles. The number of amides is 1. The number of halogens is 1. The third kappa shape index (κ3) is 3.53. The van der Waals surface area contributed by atoms with Crippen molar-refractivity contribution in [3.63, 3.8) is 0 Å². The molecule has 0 saturated carbocycles. The summed E-state index contributed by atoms with van der Waals surface area (Å²) in [5.74, 6) is 0. The molecule has 2 rings (SSSR count). The van der Waals surface area contributed by atoms with Crippen LogP contribution < -0.4 is 0 Å². The van der Waals surface area contributed by atoms with Crippen molar-refractivity contribution in [2.45, 2.75) is 51.9 Å². The van der Waals surface area contributed by atoms with Crippen LogP contribution in [-0.2, 0) is 10.3 Å². The summed E-state index contributed by atoms with van der Waals surface area (Å²) in [6.07, 6.45) is -1.64. The first-order chi connectivity index (χ1) is 10.9. The molecule has 0 spiro atoms. The lowest BCUT2D eigenvalue weighted by molar-refractivity contribution is -0.193. The minimum atomic E-state index is -1.49. The van der Waals surface area contributed by atoms with Gasteiger partial charge in [-0.15, -0.1) is 0 Å². The van der Waals surface area contributed by atoms with Crippen LogP contribution in [-0.4, -0.2) is 46.0 Å². The SMILES string of the molecule is CC(C)(C)OC(=O)N1CC(O)C(O)(c2ccc(Cl)cc2)C(C)(C)C1. The number of benzene rings is 1. The van der Waals surface area contributed by atoms with Gasteiger partial charge in [0.15, 0.2) is 0 Å². The number of piperidine rings is 1. The molecular formula is C18H26ClNO4. The molecule has 1 saturated heterocycles. The van der Waals surface area contributed by atoms with E-state index in [2.05, 4.69) is 0 Å². The second-order valence-electron chi connectivity index (χ2n) is 8.03. The second-order valence-corrected chi connectivity index (χ2v) is 8.47. The molecule has 1 aliphatic heterocycles. The summed E-state index contributed by atoms with van der Waals surface area (Å²) < 4.78 is 5.39. The minimum absolute atomic E-state index is 0.00251. The Labute approximate surface area is 148 Å². The highest BCUT2D eigenvalue weighted by molar-refractivity contribution is 6.30. The quantitative estimate of drug-likeness (QED) is 0.811. The van der Waals surface area contributed by atoms with Crippen molar-refractivity contribution in [1.82, 2.24) is 4.90 Å². The molecule has 2 atom stereocenters. The van der Waals surface area contributed by atoms with Gasteiger partial charge in [0, 0.05) is 17.0 Å². The molecule has 2 N–H and O–H groups in total. The molecule has 1 heterocycles. The van der Waals surface area contributed by atoms with Crippen LogP contribution in [0.25, 0.3) is 0 Å². The number of hydrogen-bond donors (Lipinski definition) is 2. The molecule has 0 aromatic heterocycles. The molecule has 24 heavy (non-hydrogen) atoms. The molecule has 1 aromatic carbocycles. The highest BCUT2D eigenvalue weighted by atomic mass is 35.5. The summed E-state index contributed by atoms with van der Waals surface area (Å²) in [5.41, 5.74) is -2.31. The van der Waals surface area contributed by atoms with Gasteiger partial charge in [0.2, 0.25) is 0 Å². The first-order valence-corrected chi connectivity index (χ1v) is 8.39. The third-order valence-corrected chi connectivity index (χ3v) is 4.68. The van der Waals surface area contributed by atoms with Gasteiger partial charge >= 0.3 is 6.09 Å². The van der Waals surface area contributed by atoms with Gasteiger partial charge in [0.05, 0.1) is 6.54 Å². The molecule has 134 valence electrons. The van der Waals surface area contributed by atoms with Crippen molar-refractivity contribution in [3.05, 3.63) is 34.9 Å². The van der Waals surface area contributed by atoms with Gasteiger partial charge in [-0.3, -0.25) is 0 Å². The predicted octanol–water partition coefficient (Wildman–Crippen LogP) is 3.17. The highest BCUT2D eigenvalue weighted by Crippen LogP contribution is 2.46. The largest absolute Gasteiger partial charge is 0.444 e. The van der Waals surface area contributed by atoms with Crippen LogP contribution in [0, 0.1) is 5.41 Å². The Kier molecular flexibility index (Phi) is 4.92. The number of aliphatic hydroxyl groups is 2. The number of ether oxygens (including phenoxy) is 1. The van der Waals surface area contributed by atoms with E-state index in [0.717, 1.165) is 0 Å². The van der Waals surface area contributed by atoms with Crippen LogP contribution in [0.3, 0.4) is 0 Å². The lowest BCUT2D eigenvalue weighted by atomic mass is 9.65. The van der Waals surface area contributed by atoms with Crippen molar-refractivity contribution in [2.24, 2.45) is 5.41 Å². The van der Waals surface area contributed by atoms with Gasteiger partial charge in [-0.1, -0.05) is 37.6 Å². The van der Waals surface area contributed by atoms with E-state index in [0.29, 0.717) is 10.6 Å². The highest BCUT2D eigenvalue weighted by Gasteiger charge is 2.55. The number of nitrogens with zero attached hydrogens (tertiary/aromatic N) is 1. The zero-order valence-electron chi connectivity index (χ0n) is 14.8. The lowest BCUT2D eigenvalue weighted by Gasteiger charge is -2.53. The number of rotatable bonds is 1. The molecule has 5 nitrogen and oxygen atoms in total. The van der Waals surface area contributed by atoms with Crippen LogP contribution in [0.1, 0.15) is 40.2 Å². The molecule has 0 radical (unpaired) electrons. The Morgan fingerprint density at radius 1 is 1.29 bits per heavy atom. The molecule has 6 heteroatoms. The summed E-state index contributed by atoms with van der Waals surface area (Å²) in [7, 11) is 0. The van der Waals surface area contributed by atoms with Crippen LogP contribution >= 0.6 is 11.6 Å². The van der Waals surface area contributed by atoms with Crippen molar-refractivity contribution in [1.29, 1.82) is 0 Å². The van der Waals surface area contributed by atoms with Crippen LogP contribution in [0.2, 0.25) is 5.02 Å². The van der Waals surface area contributed by atoms with Gasteiger partial charge in [-0.2, -0.15) is 0 Å². The summed E-state index contributed by atoms with van der Waals surface area (Å²) >= 11 is 5.92. The summed E-state index contributed by atoms with van der Waals surface area (Å²) in [6.45, 7) is 9.28. The lowest BCUT2D eigenvalue weighted by Crippen LogP contribution is -2.64. The van der Waals surface area contributed by atoms with Gasteiger partial charge in [-0.25, -0.2) is 4.79 Å². The summed E-state index contributed by atoms with van der Waals surface area (Å²) in [4.78, 5) is 13.8. The van der Waals surface area contributed by atoms with Gasteiger partial charge in [0.1, 0.15) is 17.3 Å². The fourth-order valence-electron chi connectivity index (χ4n) is 3.21. The Balaban J connectivity index is 2.30. The monoisotopic (exact) mass is 355 g/mol. The zero-order chi connectivity index (χ0) is 18.3. The van der Waals surface area contributed by atoms with E-state index in [1.54, 1.807) is 45.0 Å². The van der Waals surface area contributed by atoms with Gasteiger partial charge < -0.3 is 19.8 Å². The first kappa shape index (κ1) is 19.0. The Bertz CT molecular complexity index is 608. The van der Waals surface area contributed by atoms with E-state index in [-0.39, 0.29) is 13.1 Å². The summed E-state index contributed by atoms with van der Waals surface area (Å²) in [5, 5.41) is 22.5. The summed E-state index contributed by atoms with van der Waals surface area (Å²) in [6, 6.07) is 6.77. The third-order valence-electron chi connectivity index (χ3n) is 4.43. The Morgan fingerprint density at radius 3 is 2.29 bits per heavy atom. The Hall–Kier alpha value is -1.30. The topological polar surface area (TPSA) is 70.0 Å². The molecule has 2 unspecified atom stereocenters. The van der Waals surface area contributed by atoms with Crippen molar-refractivity contribution < 1.29 is 19.7 Å². The smallest absolute Gasteiger partial charge is 0.410 e. The van der Waals surface area contributed by atoms with Gasteiger partial charge in [0.25, 0.3) is 0 Å². The molecular weight excluding hydrogens is 330 g/mol. The standard InChI is InChI=1S/C18H26ClNO4/c1-16(2,3)24-15(22)20-10-14(21)18(23,17(4,5)11-20)12-6-8-13(19)9-7-12/h6-9,14,21,23H,10-11H2,1-5H3. The molecule has 1 fully saturated rings. The average molecular weight is 356 g/mol. The molecule has 1 amide bonds. The van der Waals surface area contributed by atoms with E-state index in [1.165, 1.54) is 4.90 Å². The number of carbonyl (C=O) groups excluding carboxylic acids is 1. The average Bonchev–Trinajstić information content (AvgIpc) is 2.43. The fraction of sp³-hybridized carbons (Fsp3) is 0.611. The van der Waals surface area contributed by atoms with Crippen molar-refractivity contribution in [2.75, 3.05) is 13.1 Å². The number of β-amino-alcohol motifs (C(OH)–C–C–N with tert-alkyl or cyclic N) is 1. The normalized spacial score (nSPS) is 27.0. The van der Waals surface area contributed by atoms with Crippen LogP contribution in [0.15, 0.2) is 24.3 Å². The van der Waals surface area contributed by atoms with E-state index >= 15 is 0 Å². The van der Waals surface area contributed by atoms with Crippen molar-refractivity contribution in [3.8, 4) is 0 Å². The zero-order valence-corrected chi connectivity index (χ0v) is 15.6. The van der Waals surface area contributed by atoms with Crippen molar-refractivity contribution >= 4 is 17.7 Å². The number of likely N-dealkylation sites (tertiary alicyclic amines) is 1. The maximum Gasteiger partial charge on any atom is 0.410 e. The maximum absolute atomic E-state index is 12.3. The second kappa shape index (κ2) is 6.21. The number of hydrogen-bond acceptors (Lipinski definition) is 4.